The molecule has 3 rings (SSSR count). The number of benzene rings is 2. The molecule has 0 radical (unpaired) electrons. The van der Waals surface area contributed by atoms with Crippen LogP contribution in [0, 0.1) is 6.92 Å². The minimum Gasteiger partial charge on any atom is -0.369 e. The summed E-state index contributed by atoms with van der Waals surface area (Å²) >= 11 is 0.507. The lowest BCUT2D eigenvalue weighted by atomic mass is 10.2. The van der Waals surface area contributed by atoms with Crippen LogP contribution in [0.3, 0.4) is 0 Å². The molecule has 108 valence electrons. The maximum Gasteiger partial charge on any atom is 0.288 e. The Morgan fingerprint density at radius 1 is 1.19 bits per heavy atom. The van der Waals surface area contributed by atoms with Crippen molar-refractivity contribution in [2.24, 2.45) is 0 Å². The molecule has 0 atom stereocenters. The fourth-order valence-corrected chi connectivity index (χ4v) is 2.92. The van der Waals surface area contributed by atoms with E-state index in [1.165, 1.54) is 0 Å². The molecule has 2 aromatic carbocycles. The first-order chi connectivity index (χ1) is 10.1. The monoisotopic (exact) mass is 305 g/mol. The summed E-state index contributed by atoms with van der Waals surface area (Å²) in [5.41, 5.74) is 9.23. The van der Waals surface area contributed by atoms with Crippen LogP contribution in [-0.4, -0.2) is 15.3 Å². The molecule has 2 N–H and O–H groups in total. The largest absolute Gasteiger partial charge is 0.369 e. The highest BCUT2D eigenvalue weighted by molar-refractivity contribution is 7.99. The van der Waals surface area contributed by atoms with Crippen LogP contribution in [0.1, 0.15) is 5.56 Å². The molecule has 21 heavy (non-hydrogen) atoms. The Kier molecular flexibility index (Phi) is 3.55. The van der Waals surface area contributed by atoms with Crippen LogP contribution in [0.4, 0.5) is 14.7 Å². The zero-order valence-corrected chi connectivity index (χ0v) is 12.1. The molecule has 1 aromatic heterocycles. The van der Waals surface area contributed by atoms with Gasteiger partial charge in [-0.2, -0.15) is 8.78 Å². The molecule has 0 aliphatic carbocycles. The lowest BCUT2D eigenvalue weighted by Crippen LogP contribution is -2.02. The second-order valence-electron chi connectivity index (χ2n) is 4.64. The van der Waals surface area contributed by atoms with E-state index in [4.69, 9.17) is 5.73 Å². The Labute approximate surface area is 124 Å². The quantitative estimate of drug-likeness (QED) is 0.736. The predicted molar refractivity (Wildman–Crippen MR) is 82.1 cm³/mol. The molecular weight excluding hydrogens is 292 g/mol. The fraction of sp³-hybridized carbons (Fsp3) is 0.133. The van der Waals surface area contributed by atoms with Crippen molar-refractivity contribution in [3.63, 3.8) is 0 Å². The summed E-state index contributed by atoms with van der Waals surface area (Å²) in [6.07, 6.45) is 0. The zero-order chi connectivity index (χ0) is 15.0. The third-order valence-corrected chi connectivity index (χ3v) is 3.94. The average Bonchev–Trinajstić information content (AvgIpc) is 2.74. The van der Waals surface area contributed by atoms with Gasteiger partial charge < -0.3 is 5.73 Å². The summed E-state index contributed by atoms with van der Waals surface area (Å²) in [6.45, 7) is 1.97. The number of imidazole rings is 1. The molecule has 1 heterocycles. The van der Waals surface area contributed by atoms with Gasteiger partial charge in [0.25, 0.3) is 5.76 Å². The number of alkyl halides is 2. The van der Waals surface area contributed by atoms with Gasteiger partial charge in [0.1, 0.15) is 0 Å². The van der Waals surface area contributed by atoms with Gasteiger partial charge in [-0.3, -0.25) is 4.57 Å². The number of fused-ring (bicyclic) bond motifs is 1. The number of thioether (sulfide) groups is 1. The number of hydrogen-bond acceptors (Lipinski definition) is 3. The third kappa shape index (κ3) is 2.58. The number of nitrogen functional groups attached to an aromatic ring is 1. The van der Waals surface area contributed by atoms with Crippen LogP contribution in [0.2, 0.25) is 0 Å². The normalized spacial score (nSPS) is 11.4. The summed E-state index contributed by atoms with van der Waals surface area (Å²) in [6, 6.07) is 12.7. The van der Waals surface area contributed by atoms with Crippen molar-refractivity contribution in [1.29, 1.82) is 0 Å². The van der Waals surface area contributed by atoms with Crippen LogP contribution in [0.15, 0.2) is 47.4 Å². The summed E-state index contributed by atoms with van der Waals surface area (Å²) in [5, 5.41) is 0. The second kappa shape index (κ2) is 5.37. The smallest absolute Gasteiger partial charge is 0.288 e. The van der Waals surface area contributed by atoms with E-state index in [0.29, 0.717) is 22.3 Å². The minimum absolute atomic E-state index is 0.290. The van der Waals surface area contributed by atoms with Crippen LogP contribution in [0.25, 0.3) is 16.7 Å². The van der Waals surface area contributed by atoms with E-state index in [-0.39, 0.29) is 5.95 Å². The zero-order valence-electron chi connectivity index (χ0n) is 11.3. The molecule has 3 aromatic rings. The van der Waals surface area contributed by atoms with E-state index in [9.17, 15) is 8.78 Å². The van der Waals surface area contributed by atoms with Crippen molar-refractivity contribution in [2.75, 3.05) is 5.73 Å². The number of para-hydroxylation sites is 1. The van der Waals surface area contributed by atoms with Gasteiger partial charge in [0, 0.05) is 4.90 Å². The highest BCUT2D eigenvalue weighted by atomic mass is 32.2. The Bertz CT molecular complexity index is 799. The molecule has 0 aliphatic rings. The van der Waals surface area contributed by atoms with Crippen molar-refractivity contribution >= 4 is 28.7 Å². The number of nitrogens with zero attached hydrogens (tertiary/aromatic N) is 2. The highest BCUT2D eigenvalue weighted by Gasteiger charge is 2.15. The van der Waals surface area contributed by atoms with Gasteiger partial charge in [-0.25, -0.2) is 4.98 Å². The van der Waals surface area contributed by atoms with E-state index in [1.807, 2.05) is 25.1 Å². The second-order valence-corrected chi connectivity index (χ2v) is 5.68. The lowest BCUT2D eigenvalue weighted by Gasteiger charge is -2.12. The third-order valence-electron chi connectivity index (χ3n) is 3.16. The lowest BCUT2D eigenvalue weighted by molar-refractivity contribution is 0.252. The molecule has 0 fully saturated rings. The molecular formula is C15H13F2N3S. The Hall–Kier alpha value is -2.08. The van der Waals surface area contributed by atoms with E-state index in [0.717, 1.165) is 16.6 Å². The molecule has 0 bridgehead atoms. The van der Waals surface area contributed by atoms with Crippen LogP contribution >= 0.6 is 11.8 Å². The summed E-state index contributed by atoms with van der Waals surface area (Å²) in [7, 11) is 0. The topological polar surface area (TPSA) is 43.8 Å². The van der Waals surface area contributed by atoms with Gasteiger partial charge in [-0.1, -0.05) is 30.0 Å². The molecule has 0 saturated carbocycles. The van der Waals surface area contributed by atoms with Gasteiger partial charge in [-0.15, -0.1) is 0 Å². The Morgan fingerprint density at radius 2 is 1.95 bits per heavy atom. The van der Waals surface area contributed by atoms with Crippen LogP contribution < -0.4 is 5.73 Å². The number of nitrogens with two attached hydrogens (primary N) is 1. The maximum atomic E-state index is 12.7. The first-order valence-corrected chi connectivity index (χ1v) is 7.23. The summed E-state index contributed by atoms with van der Waals surface area (Å²) < 4.78 is 27.2. The van der Waals surface area contributed by atoms with Crippen LogP contribution in [-0.2, 0) is 0 Å². The number of aryl methyl sites for hydroxylation is 1. The van der Waals surface area contributed by atoms with E-state index >= 15 is 0 Å². The SMILES string of the molecule is Cc1ccc2nc(N)n(-c3ccccc3SC(F)F)c2c1. The van der Waals surface area contributed by atoms with Crippen molar-refractivity contribution in [1.82, 2.24) is 9.55 Å². The predicted octanol–water partition coefficient (Wildman–Crippen LogP) is 4.23. The minimum atomic E-state index is -2.48. The number of aromatic nitrogens is 2. The number of hydrogen-bond donors (Lipinski definition) is 1. The van der Waals surface area contributed by atoms with Crippen molar-refractivity contribution in [3.8, 4) is 5.69 Å². The van der Waals surface area contributed by atoms with Gasteiger partial charge in [-0.05, 0) is 36.8 Å². The van der Waals surface area contributed by atoms with Gasteiger partial charge in [0.2, 0.25) is 5.95 Å². The first-order valence-electron chi connectivity index (χ1n) is 6.35. The molecule has 0 unspecified atom stereocenters. The van der Waals surface area contributed by atoms with E-state index in [2.05, 4.69) is 4.98 Å². The van der Waals surface area contributed by atoms with Gasteiger partial charge in [0.05, 0.1) is 16.7 Å². The Balaban J connectivity index is 2.25. The van der Waals surface area contributed by atoms with Crippen molar-refractivity contribution < 1.29 is 8.78 Å². The van der Waals surface area contributed by atoms with E-state index in [1.54, 1.807) is 28.8 Å². The molecule has 0 amide bonds. The van der Waals surface area contributed by atoms with E-state index < -0.39 is 5.76 Å². The Morgan fingerprint density at radius 3 is 2.71 bits per heavy atom. The first kappa shape index (κ1) is 13.9. The number of rotatable bonds is 3. The summed E-state index contributed by atoms with van der Waals surface area (Å²) in [4.78, 5) is 4.77. The van der Waals surface area contributed by atoms with Crippen LogP contribution in [0.5, 0.6) is 0 Å². The fourth-order valence-electron chi connectivity index (χ4n) is 2.29. The molecule has 6 heteroatoms. The average molecular weight is 305 g/mol. The molecule has 3 nitrogen and oxygen atoms in total. The van der Waals surface area contributed by atoms with Gasteiger partial charge in [0.15, 0.2) is 0 Å². The molecule has 0 spiro atoms. The summed E-state index contributed by atoms with van der Waals surface area (Å²) in [5.74, 6) is -2.19. The standard InChI is InChI=1S/C15H13F2N3S/c1-9-6-7-10-12(8-9)20(15(18)19-10)11-4-2-3-5-13(11)21-14(16)17/h2-8,14H,1H3,(H2,18,19). The van der Waals surface area contributed by atoms with Crippen molar-refractivity contribution in [2.45, 2.75) is 17.6 Å². The number of anilines is 1. The number of halogens is 2. The molecule has 0 aliphatic heterocycles. The maximum absolute atomic E-state index is 12.7. The van der Waals surface area contributed by atoms with Crippen molar-refractivity contribution in [3.05, 3.63) is 48.0 Å². The van der Waals surface area contributed by atoms with Gasteiger partial charge >= 0.3 is 0 Å². The molecule has 0 saturated heterocycles. The highest BCUT2D eigenvalue weighted by Crippen LogP contribution is 2.34.